The lowest BCUT2D eigenvalue weighted by molar-refractivity contribution is 0.212. The highest BCUT2D eigenvalue weighted by atomic mass is 35.5. The maximum atomic E-state index is 8.29. The Morgan fingerprint density at radius 1 is 1.24 bits per heavy atom. The van der Waals surface area contributed by atoms with Gasteiger partial charge in [0.05, 0.1) is 30.1 Å². The average Bonchev–Trinajstić information content (AvgIpc) is 3.07. The molecule has 0 radical (unpaired) electrons. The number of benzene rings is 1. The number of anilines is 1. The average molecular weight is 538 g/mol. The number of ether oxygens (including phenoxy) is 1. The lowest BCUT2D eigenvalue weighted by atomic mass is 9.89. The number of aromatic nitrogens is 4. The van der Waals surface area contributed by atoms with Crippen molar-refractivity contribution in [3.63, 3.8) is 0 Å². The van der Waals surface area contributed by atoms with Gasteiger partial charge in [0.15, 0.2) is 5.84 Å². The molecule has 0 saturated heterocycles. The van der Waals surface area contributed by atoms with Gasteiger partial charge < -0.3 is 9.64 Å². The molecule has 0 fully saturated rings. The van der Waals surface area contributed by atoms with Gasteiger partial charge in [-0.3, -0.25) is 20.0 Å². The summed E-state index contributed by atoms with van der Waals surface area (Å²) >= 11 is 6.76. The molecule has 5 rings (SSSR count). The van der Waals surface area contributed by atoms with Crippen molar-refractivity contribution in [2.24, 2.45) is 5.84 Å². The van der Waals surface area contributed by atoms with Gasteiger partial charge in [0.25, 0.3) is 0 Å². The summed E-state index contributed by atoms with van der Waals surface area (Å²) in [6.07, 6.45) is 3.82. The fourth-order valence-corrected chi connectivity index (χ4v) is 5.85. The van der Waals surface area contributed by atoms with Gasteiger partial charge in [-0.15, -0.1) is 0 Å². The Kier molecular flexibility index (Phi) is 7.56. The molecule has 0 aliphatic carbocycles. The second-order valence-corrected chi connectivity index (χ2v) is 10.5. The molecule has 0 spiro atoms. The van der Waals surface area contributed by atoms with Crippen LogP contribution in [0.4, 0.5) is 5.82 Å². The van der Waals surface area contributed by atoms with E-state index in [1.54, 1.807) is 14.2 Å². The van der Waals surface area contributed by atoms with Crippen LogP contribution in [0, 0.1) is 5.41 Å². The molecule has 1 atom stereocenters. The monoisotopic (exact) mass is 537 g/mol. The van der Waals surface area contributed by atoms with Gasteiger partial charge >= 0.3 is 6.01 Å². The summed E-state index contributed by atoms with van der Waals surface area (Å²) in [6, 6.07) is 9.36. The second kappa shape index (κ2) is 10.9. The van der Waals surface area contributed by atoms with E-state index < -0.39 is 0 Å². The molecular weight excluding hydrogens is 502 g/mol. The van der Waals surface area contributed by atoms with E-state index in [0.29, 0.717) is 29.8 Å². The first-order valence-electron chi connectivity index (χ1n) is 13.1. The van der Waals surface area contributed by atoms with Crippen molar-refractivity contribution in [1.82, 2.24) is 29.7 Å². The number of hydrogen-bond donors (Lipinski definition) is 2. The first-order chi connectivity index (χ1) is 18.3. The van der Waals surface area contributed by atoms with Crippen LogP contribution in [0.15, 0.2) is 24.3 Å². The van der Waals surface area contributed by atoms with Gasteiger partial charge in [0.1, 0.15) is 11.5 Å². The molecule has 4 heterocycles. The van der Waals surface area contributed by atoms with Crippen molar-refractivity contribution in [1.29, 1.82) is 5.41 Å². The first-order valence-corrected chi connectivity index (χ1v) is 13.5. The Labute approximate surface area is 228 Å². The van der Waals surface area contributed by atoms with Gasteiger partial charge in [0.2, 0.25) is 0 Å². The number of aryl methyl sites for hydroxylation is 2. The Hall–Kier alpha value is -3.21. The molecular formula is C27H36ClN9O. The summed E-state index contributed by atoms with van der Waals surface area (Å²) in [7, 11) is 5.41. The van der Waals surface area contributed by atoms with Crippen LogP contribution in [0.5, 0.6) is 6.01 Å². The summed E-state index contributed by atoms with van der Waals surface area (Å²) in [5, 5.41) is 14.6. The van der Waals surface area contributed by atoms with Crippen LogP contribution in [0.1, 0.15) is 59.6 Å². The topological polar surface area (TPSA) is 112 Å². The van der Waals surface area contributed by atoms with Gasteiger partial charge in [0, 0.05) is 44.7 Å². The number of rotatable bonds is 6. The number of fused-ring (bicyclic) bond motifs is 2. The number of nitrogens with zero attached hydrogens (tertiary/aromatic N) is 7. The molecule has 0 amide bonds. The summed E-state index contributed by atoms with van der Waals surface area (Å²) in [6.45, 7) is 4.97. The first kappa shape index (κ1) is 26.4. The van der Waals surface area contributed by atoms with Crippen molar-refractivity contribution >= 4 is 23.3 Å². The smallest absolute Gasteiger partial charge is 0.318 e. The summed E-state index contributed by atoms with van der Waals surface area (Å²) in [4.78, 5) is 14.3. The Balaban J connectivity index is 1.52. The SMILES string of the molecule is CCCc1ccccc1C1Cc2nc(OC)nc(N3CCCn4nc(C(=N)N(C)N)c(Cl)c4C3)c2CN1C. The zero-order valence-corrected chi connectivity index (χ0v) is 23.3. The van der Waals surface area contributed by atoms with Crippen molar-refractivity contribution in [2.45, 2.75) is 58.3 Å². The van der Waals surface area contributed by atoms with E-state index in [2.05, 4.69) is 53.1 Å². The lowest BCUT2D eigenvalue weighted by Crippen LogP contribution is -2.35. The fourth-order valence-electron chi connectivity index (χ4n) is 5.56. The minimum atomic E-state index is 0.0826. The highest BCUT2D eigenvalue weighted by molar-refractivity contribution is 6.34. The van der Waals surface area contributed by atoms with Crippen molar-refractivity contribution in [2.75, 3.05) is 32.6 Å². The molecule has 2 aliphatic rings. The number of nitrogens with one attached hydrogen (secondary N) is 1. The molecule has 1 unspecified atom stereocenters. The highest BCUT2D eigenvalue weighted by Crippen LogP contribution is 2.38. The Morgan fingerprint density at radius 2 is 2.03 bits per heavy atom. The predicted octanol–water partition coefficient (Wildman–Crippen LogP) is 3.56. The maximum absolute atomic E-state index is 8.29. The minimum absolute atomic E-state index is 0.0826. The molecule has 0 saturated carbocycles. The minimum Gasteiger partial charge on any atom is -0.467 e. The van der Waals surface area contributed by atoms with E-state index in [0.717, 1.165) is 61.5 Å². The molecule has 3 aromatic rings. The van der Waals surface area contributed by atoms with Gasteiger partial charge in [-0.25, -0.2) is 5.84 Å². The number of hydrogen-bond acceptors (Lipinski definition) is 8. The lowest BCUT2D eigenvalue weighted by Gasteiger charge is -2.37. The molecule has 2 aliphatic heterocycles. The number of likely N-dealkylation sites (N-methyl/N-ethyl adjacent to an activating group) is 1. The van der Waals surface area contributed by atoms with E-state index in [4.69, 9.17) is 37.6 Å². The van der Waals surface area contributed by atoms with Crippen molar-refractivity contribution in [3.05, 3.63) is 63.1 Å². The normalized spacial score (nSPS) is 17.5. The van der Waals surface area contributed by atoms with Crippen LogP contribution in [-0.2, 0) is 32.5 Å². The Bertz CT molecular complexity index is 1340. The maximum Gasteiger partial charge on any atom is 0.318 e. The number of amidine groups is 1. The summed E-state index contributed by atoms with van der Waals surface area (Å²) < 4.78 is 7.47. The van der Waals surface area contributed by atoms with E-state index in [9.17, 15) is 0 Å². The molecule has 202 valence electrons. The molecule has 11 heteroatoms. The number of methoxy groups -OCH3 is 1. The Morgan fingerprint density at radius 3 is 2.76 bits per heavy atom. The van der Waals surface area contributed by atoms with Crippen molar-refractivity contribution < 1.29 is 4.74 Å². The van der Waals surface area contributed by atoms with E-state index in [1.165, 1.54) is 16.1 Å². The third-order valence-electron chi connectivity index (χ3n) is 7.50. The third kappa shape index (κ3) is 4.83. The molecule has 38 heavy (non-hydrogen) atoms. The molecule has 10 nitrogen and oxygen atoms in total. The third-order valence-corrected chi connectivity index (χ3v) is 7.90. The van der Waals surface area contributed by atoms with Crippen LogP contribution in [0.2, 0.25) is 5.02 Å². The van der Waals surface area contributed by atoms with Crippen LogP contribution in [-0.4, -0.2) is 63.2 Å². The largest absolute Gasteiger partial charge is 0.467 e. The molecule has 2 aromatic heterocycles. The van der Waals surface area contributed by atoms with E-state index in [-0.39, 0.29) is 11.9 Å². The number of nitrogens with two attached hydrogens (primary N) is 1. The molecule has 0 bridgehead atoms. The quantitative estimate of drug-likeness (QED) is 0.212. The zero-order valence-electron chi connectivity index (χ0n) is 22.5. The fraction of sp³-hybridized carbons (Fsp3) is 0.481. The van der Waals surface area contributed by atoms with Crippen LogP contribution >= 0.6 is 11.6 Å². The number of hydrazine groups is 1. The van der Waals surface area contributed by atoms with E-state index >= 15 is 0 Å². The molecule has 1 aromatic carbocycles. The van der Waals surface area contributed by atoms with Crippen LogP contribution < -0.4 is 15.5 Å². The predicted molar refractivity (Wildman–Crippen MR) is 149 cm³/mol. The van der Waals surface area contributed by atoms with Crippen LogP contribution in [0.3, 0.4) is 0 Å². The van der Waals surface area contributed by atoms with Gasteiger partial charge in [-0.1, -0.05) is 49.2 Å². The summed E-state index contributed by atoms with van der Waals surface area (Å²) in [5.41, 5.74) is 6.16. The zero-order chi connectivity index (χ0) is 27.0. The van der Waals surface area contributed by atoms with E-state index in [1.807, 2.05) is 4.68 Å². The second-order valence-electron chi connectivity index (χ2n) is 10.1. The summed E-state index contributed by atoms with van der Waals surface area (Å²) in [5.74, 6) is 6.75. The number of halogens is 1. The van der Waals surface area contributed by atoms with Crippen molar-refractivity contribution in [3.8, 4) is 6.01 Å². The molecule has 3 N–H and O–H groups in total. The van der Waals surface area contributed by atoms with Gasteiger partial charge in [-0.05, 0) is 31.0 Å². The standard InChI is InChI=1S/C27H36ClN9O/c1-5-9-17-10-6-7-11-18(17)21-14-20-19(15-34(21)2)26(32-27(31-20)38-4)36-12-8-13-37-22(16-36)23(28)24(33-37)25(29)35(3)30/h6-7,10-11,21,29H,5,8-9,12-16,30H2,1-4H3. The van der Waals surface area contributed by atoms with Gasteiger partial charge in [-0.2, -0.15) is 15.1 Å². The highest BCUT2D eigenvalue weighted by Gasteiger charge is 2.33. The van der Waals surface area contributed by atoms with Crippen LogP contribution in [0.25, 0.3) is 0 Å².